The van der Waals surface area contributed by atoms with E-state index < -0.39 is 0 Å². The number of rotatable bonds is 7. The third kappa shape index (κ3) is 5.16. The van der Waals surface area contributed by atoms with Gasteiger partial charge in [0.2, 0.25) is 11.8 Å². The highest BCUT2D eigenvalue weighted by molar-refractivity contribution is 5.89. The van der Waals surface area contributed by atoms with Crippen molar-refractivity contribution in [1.29, 1.82) is 0 Å². The Morgan fingerprint density at radius 2 is 2.21 bits per heavy atom. The van der Waals surface area contributed by atoms with Gasteiger partial charge in [0.25, 0.3) is 5.56 Å². The molecule has 2 N–H and O–H groups in total. The SMILES string of the molecule is Cc1cc(=O)[nH]c(CCNC(=O)[C@@H]2CC(=O)N(CCN(C)C)C2)n1. The van der Waals surface area contributed by atoms with Gasteiger partial charge in [0, 0.05) is 50.8 Å². The van der Waals surface area contributed by atoms with Crippen LogP contribution in [0.15, 0.2) is 10.9 Å². The summed E-state index contributed by atoms with van der Waals surface area (Å²) in [6.07, 6.45) is 0.715. The lowest BCUT2D eigenvalue weighted by Gasteiger charge is -2.19. The zero-order valence-corrected chi connectivity index (χ0v) is 14.5. The molecule has 0 bridgehead atoms. The first kappa shape index (κ1) is 18.1. The average molecular weight is 335 g/mol. The van der Waals surface area contributed by atoms with Gasteiger partial charge in [-0.25, -0.2) is 4.98 Å². The van der Waals surface area contributed by atoms with E-state index in [1.54, 1.807) is 11.8 Å². The molecule has 1 saturated heterocycles. The highest BCUT2D eigenvalue weighted by atomic mass is 16.2. The largest absolute Gasteiger partial charge is 0.355 e. The van der Waals surface area contributed by atoms with Gasteiger partial charge in [-0.05, 0) is 21.0 Å². The molecule has 1 aromatic heterocycles. The standard InChI is InChI=1S/C16H25N5O3/c1-11-8-14(22)19-13(18-11)4-5-17-16(24)12-9-15(23)21(10-12)7-6-20(2)3/h8,12H,4-7,9-10H2,1-3H3,(H,17,24)(H,18,19,22)/t12-/m1/s1. The van der Waals surface area contributed by atoms with Crippen molar-refractivity contribution in [2.75, 3.05) is 40.3 Å². The van der Waals surface area contributed by atoms with Crippen LogP contribution in [0.25, 0.3) is 0 Å². The quantitative estimate of drug-likeness (QED) is 0.676. The number of aryl methyl sites for hydroxylation is 1. The molecule has 1 aliphatic rings. The molecule has 0 unspecified atom stereocenters. The third-order valence-electron chi connectivity index (χ3n) is 3.98. The molecule has 2 heterocycles. The van der Waals surface area contributed by atoms with Gasteiger partial charge in [-0.2, -0.15) is 0 Å². The molecule has 2 rings (SSSR count). The number of H-pyrrole nitrogens is 1. The van der Waals surface area contributed by atoms with Gasteiger partial charge in [0.15, 0.2) is 0 Å². The molecule has 1 fully saturated rings. The van der Waals surface area contributed by atoms with Gasteiger partial charge >= 0.3 is 0 Å². The van der Waals surface area contributed by atoms with E-state index in [4.69, 9.17) is 0 Å². The Bertz CT molecular complexity index is 655. The van der Waals surface area contributed by atoms with Crippen LogP contribution in [0.1, 0.15) is 17.9 Å². The maximum Gasteiger partial charge on any atom is 0.251 e. The van der Waals surface area contributed by atoms with Crippen molar-refractivity contribution in [3.8, 4) is 0 Å². The van der Waals surface area contributed by atoms with Crippen LogP contribution >= 0.6 is 0 Å². The molecule has 132 valence electrons. The minimum Gasteiger partial charge on any atom is -0.355 e. The minimum absolute atomic E-state index is 0.0293. The first-order valence-corrected chi connectivity index (χ1v) is 8.12. The van der Waals surface area contributed by atoms with E-state index in [0.29, 0.717) is 37.6 Å². The van der Waals surface area contributed by atoms with Crippen LogP contribution in [0.4, 0.5) is 0 Å². The smallest absolute Gasteiger partial charge is 0.251 e. The van der Waals surface area contributed by atoms with E-state index in [1.165, 1.54) is 6.07 Å². The first-order chi connectivity index (χ1) is 11.3. The number of likely N-dealkylation sites (tertiary alicyclic amines) is 1. The maximum absolute atomic E-state index is 12.2. The normalized spacial score (nSPS) is 17.6. The van der Waals surface area contributed by atoms with Gasteiger partial charge in [-0.3, -0.25) is 14.4 Å². The molecule has 8 nitrogen and oxygen atoms in total. The first-order valence-electron chi connectivity index (χ1n) is 8.12. The van der Waals surface area contributed by atoms with Gasteiger partial charge in [-0.15, -0.1) is 0 Å². The second kappa shape index (κ2) is 8.05. The lowest BCUT2D eigenvalue weighted by atomic mass is 10.1. The molecule has 0 aromatic carbocycles. The summed E-state index contributed by atoms with van der Waals surface area (Å²) in [4.78, 5) is 46.1. The highest BCUT2D eigenvalue weighted by Gasteiger charge is 2.33. The summed E-state index contributed by atoms with van der Waals surface area (Å²) in [5.74, 6) is 0.159. The Morgan fingerprint density at radius 1 is 1.46 bits per heavy atom. The number of amides is 2. The Balaban J connectivity index is 1.78. The van der Waals surface area contributed by atoms with Crippen LogP contribution in [-0.4, -0.2) is 71.9 Å². The van der Waals surface area contributed by atoms with Crippen molar-refractivity contribution in [2.24, 2.45) is 5.92 Å². The van der Waals surface area contributed by atoms with Gasteiger partial charge in [-0.1, -0.05) is 0 Å². The molecule has 8 heteroatoms. The predicted octanol–water partition coefficient (Wildman–Crippen LogP) is -0.853. The third-order valence-corrected chi connectivity index (χ3v) is 3.98. The number of nitrogens with zero attached hydrogens (tertiary/aromatic N) is 3. The van der Waals surface area contributed by atoms with E-state index in [9.17, 15) is 14.4 Å². The lowest BCUT2D eigenvalue weighted by Crippen LogP contribution is -2.36. The summed E-state index contributed by atoms with van der Waals surface area (Å²) in [5.41, 5.74) is 0.458. The molecule has 24 heavy (non-hydrogen) atoms. The monoisotopic (exact) mass is 335 g/mol. The number of nitrogens with one attached hydrogen (secondary N) is 2. The Labute approximate surface area is 141 Å². The van der Waals surface area contributed by atoms with Crippen molar-refractivity contribution in [3.05, 3.63) is 27.9 Å². The predicted molar refractivity (Wildman–Crippen MR) is 89.5 cm³/mol. The summed E-state index contributed by atoms with van der Waals surface area (Å²) >= 11 is 0. The summed E-state index contributed by atoms with van der Waals surface area (Å²) in [6.45, 7) is 4.03. The number of hydrogen-bond donors (Lipinski definition) is 2. The molecule has 1 aromatic rings. The molecule has 0 aliphatic carbocycles. The number of hydrogen-bond acceptors (Lipinski definition) is 5. The zero-order valence-electron chi connectivity index (χ0n) is 14.5. The number of aromatic amines is 1. The van der Waals surface area contributed by atoms with Crippen LogP contribution in [0.2, 0.25) is 0 Å². The van der Waals surface area contributed by atoms with Crippen LogP contribution in [0.3, 0.4) is 0 Å². The van der Waals surface area contributed by atoms with Gasteiger partial charge in [0.05, 0.1) is 5.92 Å². The molecule has 1 atom stereocenters. The van der Waals surface area contributed by atoms with Crippen LogP contribution in [0.5, 0.6) is 0 Å². The fourth-order valence-corrected chi connectivity index (χ4v) is 2.69. The topological polar surface area (TPSA) is 98.4 Å². The van der Waals surface area contributed by atoms with Gasteiger partial charge in [0.1, 0.15) is 5.82 Å². The van der Waals surface area contributed by atoms with E-state index >= 15 is 0 Å². The zero-order chi connectivity index (χ0) is 17.7. The van der Waals surface area contributed by atoms with Crippen molar-refractivity contribution >= 4 is 11.8 Å². The van der Waals surface area contributed by atoms with Crippen molar-refractivity contribution in [1.82, 2.24) is 25.1 Å². The summed E-state index contributed by atoms with van der Waals surface area (Å²) < 4.78 is 0. The maximum atomic E-state index is 12.2. The Hall–Kier alpha value is -2.22. The Kier molecular flexibility index (Phi) is 6.08. The Morgan fingerprint density at radius 3 is 2.88 bits per heavy atom. The van der Waals surface area contributed by atoms with E-state index in [2.05, 4.69) is 15.3 Å². The van der Waals surface area contributed by atoms with Crippen molar-refractivity contribution in [3.63, 3.8) is 0 Å². The van der Waals surface area contributed by atoms with Gasteiger partial charge < -0.3 is 20.1 Å². The second-order valence-electron chi connectivity index (χ2n) is 6.42. The lowest BCUT2D eigenvalue weighted by molar-refractivity contribution is -0.129. The van der Waals surface area contributed by atoms with E-state index in [-0.39, 0.29) is 29.7 Å². The highest BCUT2D eigenvalue weighted by Crippen LogP contribution is 2.17. The summed E-state index contributed by atoms with van der Waals surface area (Å²) in [5, 5.41) is 2.83. The molecule has 1 aliphatic heterocycles. The molecule has 0 spiro atoms. The fourth-order valence-electron chi connectivity index (χ4n) is 2.69. The molecule has 2 amide bonds. The molecule has 0 radical (unpaired) electrons. The number of carbonyl (C=O) groups is 2. The molecular formula is C16H25N5O3. The number of carbonyl (C=O) groups excluding carboxylic acids is 2. The van der Waals surface area contributed by atoms with Crippen molar-refractivity contribution < 1.29 is 9.59 Å². The second-order valence-corrected chi connectivity index (χ2v) is 6.42. The summed E-state index contributed by atoms with van der Waals surface area (Å²) in [6, 6.07) is 1.43. The van der Waals surface area contributed by atoms with E-state index in [0.717, 1.165) is 6.54 Å². The molecule has 0 saturated carbocycles. The van der Waals surface area contributed by atoms with Crippen molar-refractivity contribution in [2.45, 2.75) is 19.8 Å². The number of likely N-dealkylation sites (N-methyl/N-ethyl adjacent to an activating group) is 1. The van der Waals surface area contributed by atoms with Crippen LogP contribution < -0.4 is 10.9 Å². The minimum atomic E-state index is -0.302. The fraction of sp³-hybridized carbons (Fsp3) is 0.625. The van der Waals surface area contributed by atoms with Crippen LogP contribution in [0, 0.1) is 12.8 Å². The number of aromatic nitrogens is 2. The van der Waals surface area contributed by atoms with E-state index in [1.807, 2.05) is 19.0 Å². The summed E-state index contributed by atoms with van der Waals surface area (Å²) in [7, 11) is 3.91. The van der Waals surface area contributed by atoms with Crippen LogP contribution in [-0.2, 0) is 16.0 Å². The molecular weight excluding hydrogens is 310 g/mol. The average Bonchev–Trinajstić information content (AvgIpc) is 2.85.